The van der Waals surface area contributed by atoms with Crippen LogP contribution < -0.4 is 4.90 Å². The molecule has 1 aromatic heterocycles. The lowest BCUT2D eigenvalue weighted by Crippen LogP contribution is -2.36. The molecular formula is C15H18N2O3. The van der Waals surface area contributed by atoms with Crippen molar-refractivity contribution >= 4 is 5.69 Å². The maximum Gasteiger partial charge on any atom is 0.223 e. The molecule has 0 spiro atoms. The standard InChI is InChI=1S/C15H18N2O3/c1-11-3-2-4-12(9-11)17-14(18)10-13(15(17)19)16-5-7-20-8-6-16/h2-4,9-10,18-19H,5-8H2,1H3. The number of aromatic nitrogens is 1. The zero-order valence-corrected chi connectivity index (χ0v) is 11.4. The Balaban J connectivity index is 2.02. The minimum Gasteiger partial charge on any atom is -0.494 e. The highest BCUT2D eigenvalue weighted by molar-refractivity contribution is 5.63. The second-order valence-electron chi connectivity index (χ2n) is 4.99. The van der Waals surface area contributed by atoms with Crippen molar-refractivity contribution in [3.63, 3.8) is 0 Å². The second-order valence-corrected chi connectivity index (χ2v) is 4.99. The minimum absolute atomic E-state index is 0.0367. The number of aryl methyl sites for hydroxylation is 1. The van der Waals surface area contributed by atoms with Crippen molar-refractivity contribution in [3.05, 3.63) is 35.9 Å². The van der Waals surface area contributed by atoms with Crippen molar-refractivity contribution in [3.8, 4) is 17.4 Å². The smallest absolute Gasteiger partial charge is 0.223 e. The maximum atomic E-state index is 10.4. The van der Waals surface area contributed by atoms with E-state index in [-0.39, 0.29) is 11.8 Å². The van der Waals surface area contributed by atoms with Crippen LogP contribution in [-0.4, -0.2) is 41.1 Å². The Labute approximate surface area is 117 Å². The predicted molar refractivity (Wildman–Crippen MR) is 76.9 cm³/mol. The highest BCUT2D eigenvalue weighted by atomic mass is 16.5. The quantitative estimate of drug-likeness (QED) is 0.880. The summed E-state index contributed by atoms with van der Waals surface area (Å²) in [7, 11) is 0. The van der Waals surface area contributed by atoms with Crippen molar-refractivity contribution in [2.45, 2.75) is 6.92 Å². The summed E-state index contributed by atoms with van der Waals surface area (Å²) in [6, 6.07) is 9.25. The molecule has 5 heteroatoms. The van der Waals surface area contributed by atoms with Gasteiger partial charge in [-0.3, -0.25) is 0 Å². The van der Waals surface area contributed by atoms with Crippen LogP contribution in [-0.2, 0) is 4.74 Å². The number of benzene rings is 1. The fraction of sp³-hybridized carbons (Fsp3) is 0.333. The van der Waals surface area contributed by atoms with Gasteiger partial charge < -0.3 is 19.8 Å². The molecule has 0 saturated carbocycles. The van der Waals surface area contributed by atoms with E-state index >= 15 is 0 Å². The van der Waals surface area contributed by atoms with E-state index in [0.717, 1.165) is 11.3 Å². The first-order valence-corrected chi connectivity index (χ1v) is 6.70. The maximum absolute atomic E-state index is 10.4. The summed E-state index contributed by atoms with van der Waals surface area (Å²) in [5.74, 6) is 0.101. The first-order chi connectivity index (χ1) is 9.66. The van der Waals surface area contributed by atoms with Crippen LogP contribution >= 0.6 is 0 Å². The average molecular weight is 274 g/mol. The molecule has 1 aromatic carbocycles. The molecule has 0 aliphatic carbocycles. The normalized spacial score (nSPS) is 15.6. The molecule has 1 aliphatic heterocycles. The number of anilines is 1. The van der Waals surface area contributed by atoms with Gasteiger partial charge in [0.15, 0.2) is 0 Å². The summed E-state index contributed by atoms with van der Waals surface area (Å²) in [6.45, 7) is 4.67. The van der Waals surface area contributed by atoms with E-state index in [2.05, 4.69) is 0 Å². The molecule has 0 radical (unpaired) electrons. The highest BCUT2D eigenvalue weighted by Crippen LogP contribution is 2.38. The SMILES string of the molecule is Cc1cccc(-n2c(O)cc(N3CCOCC3)c2O)c1. The van der Waals surface area contributed by atoms with Crippen LogP contribution in [0.25, 0.3) is 5.69 Å². The number of rotatable bonds is 2. The van der Waals surface area contributed by atoms with Crippen LogP contribution in [0, 0.1) is 6.92 Å². The number of nitrogens with zero attached hydrogens (tertiary/aromatic N) is 2. The molecule has 2 heterocycles. The zero-order chi connectivity index (χ0) is 14.1. The summed E-state index contributed by atoms with van der Waals surface area (Å²) in [5, 5.41) is 20.6. The molecule has 20 heavy (non-hydrogen) atoms. The first kappa shape index (κ1) is 12.9. The number of hydrogen-bond donors (Lipinski definition) is 2. The number of morpholine rings is 1. The van der Waals surface area contributed by atoms with Crippen LogP contribution in [0.4, 0.5) is 5.69 Å². The van der Waals surface area contributed by atoms with Crippen LogP contribution in [0.3, 0.4) is 0 Å². The lowest BCUT2D eigenvalue weighted by molar-refractivity contribution is 0.122. The molecular weight excluding hydrogens is 256 g/mol. The highest BCUT2D eigenvalue weighted by Gasteiger charge is 2.21. The minimum atomic E-state index is 0.0367. The van der Waals surface area contributed by atoms with E-state index in [1.165, 1.54) is 4.57 Å². The Kier molecular flexibility index (Phi) is 3.28. The fourth-order valence-electron chi connectivity index (χ4n) is 2.53. The van der Waals surface area contributed by atoms with Gasteiger partial charge in [-0.15, -0.1) is 0 Å². The van der Waals surface area contributed by atoms with Gasteiger partial charge in [-0.25, -0.2) is 4.57 Å². The van der Waals surface area contributed by atoms with Gasteiger partial charge in [0.25, 0.3) is 0 Å². The molecule has 0 amide bonds. The summed E-state index contributed by atoms with van der Waals surface area (Å²) >= 11 is 0. The number of aromatic hydroxyl groups is 2. The summed E-state index contributed by atoms with van der Waals surface area (Å²) < 4.78 is 6.76. The Morgan fingerprint density at radius 3 is 2.55 bits per heavy atom. The molecule has 0 atom stereocenters. The predicted octanol–water partition coefficient (Wildman–Crippen LogP) is 2.03. The van der Waals surface area contributed by atoms with Crippen LogP contribution in [0.5, 0.6) is 11.8 Å². The molecule has 1 saturated heterocycles. The van der Waals surface area contributed by atoms with Gasteiger partial charge in [0.1, 0.15) is 5.69 Å². The molecule has 2 aromatic rings. The van der Waals surface area contributed by atoms with E-state index in [0.29, 0.717) is 32.0 Å². The molecule has 3 rings (SSSR count). The Morgan fingerprint density at radius 2 is 1.85 bits per heavy atom. The molecule has 0 bridgehead atoms. The van der Waals surface area contributed by atoms with E-state index in [4.69, 9.17) is 4.74 Å². The number of ether oxygens (including phenoxy) is 1. The van der Waals surface area contributed by atoms with Crippen molar-refractivity contribution in [2.24, 2.45) is 0 Å². The molecule has 2 N–H and O–H groups in total. The lowest BCUT2D eigenvalue weighted by Gasteiger charge is -2.27. The first-order valence-electron chi connectivity index (χ1n) is 6.70. The van der Waals surface area contributed by atoms with Crippen LogP contribution in [0.2, 0.25) is 0 Å². The Bertz CT molecular complexity index is 616. The average Bonchev–Trinajstić information content (AvgIpc) is 2.75. The van der Waals surface area contributed by atoms with E-state index in [1.54, 1.807) is 6.07 Å². The van der Waals surface area contributed by atoms with E-state index in [1.807, 2.05) is 36.1 Å². The van der Waals surface area contributed by atoms with E-state index in [9.17, 15) is 10.2 Å². The summed E-state index contributed by atoms with van der Waals surface area (Å²) in [5.41, 5.74) is 2.47. The lowest BCUT2D eigenvalue weighted by atomic mass is 10.2. The monoisotopic (exact) mass is 274 g/mol. The van der Waals surface area contributed by atoms with Crippen LogP contribution in [0.15, 0.2) is 30.3 Å². The van der Waals surface area contributed by atoms with Gasteiger partial charge in [-0.2, -0.15) is 0 Å². The van der Waals surface area contributed by atoms with E-state index < -0.39 is 0 Å². The molecule has 5 nitrogen and oxygen atoms in total. The molecule has 0 unspecified atom stereocenters. The van der Waals surface area contributed by atoms with Gasteiger partial charge in [-0.05, 0) is 24.6 Å². The van der Waals surface area contributed by atoms with Crippen molar-refractivity contribution in [1.29, 1.82) is 0 Å². The summed E-state index contributed by atoms with van der Waals surface area (Å²) in [6.07, 6.45) is 0. The van der Waals surface area contributed by atoms with Crippen molar-refractivity contribution < 1.29 is 14.9 Å². The molecule has 1 fully saturated rings. The van der Waals surface area contributed by atoms with Gasteiger partial charge >= 0.3 is 0 Å². The largest absolute Gasteiger partial charge is 0.494 e. The Morgan fingerprint density at radius 1 is 1.10 bits per heavy atom. The topological polar surface area (TPSA) is 57.9 Å². The van der Waals surface area contributed by atoms with Gasteiger partial charge in [0.2, 0.25) is 11.8 Å². The second kappa shape index (κ2) is 5.09. The summed E-state index contributed by atoms with van der Waals surface area (Å²) in [4.78, 5) is 2.02. The fourth-order valence-corrected chi connectivity index (χ4v) is 2.53. The van der Waals surface area contributed by atoms with Gasteiger partial charge in [0.05, 0.1) is 18.9 Å². The van der Waals surface area contributed by atoms with Gasteiger partial charge in [0, 0.05) is 19.2 Å². The molecule has 106 valence electrons. The third kappa shape index (κ3) is 2.20. The third-order valence-electron chi connectivity index (χ3n) is 3.55. The van der Waals surface area contributed by atoms with Crippen molar-refractivity contribution in [1.82, 2.24) is 4.57 Å². The Hall–Kier alpha value is -2.14. The van der Waals surface area contributed by atoms with Crippen LogP contribution in [0.1, 0.15) is 5.56 Å². The van der Waals surface area contributed by atoms with Gasteiger partial charge in [-0.1, -0.05) is 12.1 Å². The zero-order valence-electron chi connectivity index (χ0n) is 11.4. The third-order valence-corrected chi connectivity index (χ3v) is 3.55. The van der Waals surface area contributed by atoms with Crippen molar-refractivity contribution in [2.75, 3.05) is 31.2 Å². The number of hydrogen-bond acceptors (Lipinski definition) is 4. The molecule has 1 aliphatic rings.